The number of aliphatic hydroxyl groups is 1. The third-order valence-electron chi connectivity index (χ3n) is 9.31. The van der Waals surface area contributed by atoms with Crippen LogP contribution in [0, 0.1) is 5.41 Å². The Morgan fingerprint density at radius 2 is 1.67 bits per heavy atom. The molecule has 0 aliphatic carbocycles. The maximum absolute atomic E-state index is 14.2. The maximum atomic E-state index is 14.2. The molecule has 0 spiro atoms. The number of halogens is 1. The molecule has 1 heterocycles. The average Bonchev–Trinajstić information content (AvgIpc) is 3.60. The van der Waals surface area contributed by atoms with Crippen molar-refractivity contribution in [2.45, 2.75) is 89.6 Å². The molecule has 0 saturated carbocycles. The number of carbonyl (C=O) groups is 3. The molecular formula is C40H51ClN4O6. The molecule has 4 rings (SSSR count). The lowest BCUT2D eigenvalue weighted by Gasteiger charge is -2.36. The van der Waals surface area contributed by atoms with E-state index in [1.54, 1.807) is 24.8 Å². The summed E-state index contributed by atoms with van der Waals surface area (Å²) < 4.78 is 11.2. The monoisotopic (exact) mass is 718 g/mol. The van der Waals surface area contributed by atoms with Crippen molar-refractivity contribution in [2.75, 3.05) is 13.7 Å². The number of likely N-dealkylation sites (tertiary alicyclic amines) is 1. The van der Waals surface area contributed by atoms with E-state index in [1.807, 2.05) is 97.9 Å². The minimum Gasteiger partial charge on any atom is -0.468 e. The number of esters is 1. The fourth-order valence-electron chi connectivity index (χ4n) is 6.26. The molecule has 11 heteroatoms. The van der Waals surface area contributed by atoms with Gasteiger partial charge in [-0.25, -0.2) is 0 Å². The van der Waals surface area contributed by atoms with Gasteiger partial charge in [0.2, 0.25) is 11.8 Å². The molecule has 1 saturated heterocycles. The molecule has 2 amide bonds. The van der Waals surface area contributed by atoms with Gasteiger partial charge in [0.05, 0.1) is 31.9 Å². The number of hydrogen-bond acceptors (Lipinski definition) is 8. The van der Waals surface area contributed by atoms with Gasteiger partial charge >= 0.3 is 5.97 Å². The summed E-state index contributed by atoms with van der Waals surface area (Å²) in [5.74, 6) is -1.22. The van der Waals surface area contributed by atoms with Crippen molar-refractivity contribution in [1.82, 2.24) is 15.5 Å². The fourth-order valence-corrected chi connectivity index (χ4v) is 6.47. The van der Waals surface area contributed by atoms with Crippen LogP contribution in [0.5, 0.6) is 0 Å². The molecule has 7 atom stereocenters. The van der Waals surface area contributed by atoms with Crippen LogP contribution in [0.3, 0.4) is 0 Å². The summed E-state index contributed by atoms with van der Waals surface area (Å²) in [7, 11) is 1.32. The summed E-state index contributed by atoms with van der Waals surface area (Å²) in [6.45, 7) is 5.98. The first-order valence-electron chi connectivity index (χ1n) is 17.4. The van der Waals surface area contributed by atoms with Crippen molar-refractivity contribution in [3.05, 3.63) is 119 Å². The van der Waals surface area contributed by atoms with E-state index in [2.05, 4.69) is 10.6 Å². The number of aliphatic hydroxyl groups excluding tert-OH is 1. The lowest BCUT2D eigenvalue weighted by atomic mass is 9.80. The van der Waals surface area contributed by atoms with Gasteiger partial charge in [-0.3, -0.25) is 19.7 Å². The molecule has 1 fully saturated rings. The van der Waals surface area contributed by atoms with Crippen molar-refractivity contribution in [2.24, 2.45) is 11.1 Å². The number of benzene rings is 3. The van der Waals surface area contributed by atoms with Crippen molar-refractivity contribution >= 4 is 29.4 Å². The molecule has 1 unspecified atom stereocenters. The molecule has 3 aromatic rings. The van der Waals surface area contributed by atoms with Crippen molar-refractivity contribution in [3.63, 3.8) is 0 Å². The zero-order valence-corrected chi connectivity index (χ0v) is 30.6. The fraction of sp³-hybridized carbons (Fsp3) is 0.425. The summed E-state index contributed by atoms with van der Waals surface area (Å²) in [5, 5.41) is 18.4. The zero-order valence-electron chi connectivity index (χ0n) is 29.8. The van der Waals surface area contributed by atoms with Gasteiger partial charge in [0.15, 0.2) is 0 Å². The van der Waals surface area contributed by atoms with Gasteiger partial charge in [-0.2, -0.15) is 0 Å². The summed E-state index contributed by atoms with van der Waals surface area (Å²) in [6.07, 6.45) is 4.11. The highest BCUT2D eigenvalue weighted by molar-refractivity contribution is 6.30. The van der Waals surface area contributed by atoms with Crippen LogP contribution in [0.15, 0.2) is 97.1 Å². The number of amides is 2. The Morgan fingerprint density at radius 3 is 2.29 bits per heavy atom. The van der Waals surface area contributed by atoms with Crippen LogP contribution in [0.4, 0.5) is 0 Å². The predicted molar refractivity (Wildman–Crippen MR) is 199 cm³/mol. The van der Waals surface area contributed by atoms with Crippen LogP contribution < -0.4 is 16.4 Å². The molecule has 1 aliphatic heterocycles. The van der Waals surface area contributed by atoms with Crippen molar-refractivity contribution in [3.8, 4) is 0 Å². The van der Waals surface area contributed by atoms with E-state index in [-0.39, 0.29) is 18.6 Å². The van der Waals surface area contributed by atoms with Crippen LogP contribution in [0.25, 0.3) is 0 Å². The van der Waals surface area contributed by atoms with Crippen LogP contribution in [-0.4, -0.2) is 77.9 Å². The number of nitrogens with zero attached hydrogens (tertiary/aromatic N) is 1. The van der Waals surface area contributed by atoms with E-state index in [4.69, 9.17) is 26.8 Å². The lowest BCUT2D eigenvalue weighted by molar-refractivity contribution is -0.145. The predicted octanol–water partition coefficient (Wildman–Crippen LogP) is 4.57. The quantitative estimate of drug-likeness (QED) is 0.0904. The summed E-state index contributed by atoms with van der Waals surface area (Å²) in [6, 6.07) is 23.6. The Kier molecular flexibility index (Phi) is 14.8. The van der Waals surface area contributed by atoms with Gasteiger partial charge in [0.25, 0.3) is 0 Å². The Morgan fingerprint density at radius 1 is 1.02 bits per heavy atom. The normalized spacial score (nSPS) is 18.7. The van der Waals surface area contributed by atoms with Gasteiger partial charge in [-0.15, -0.1) is 0 Å². The van der Waals surface area contributed by atoms with E-state index >= 15 is 0 Å². The Bertz CT molecular complexity index is 1610. The molecular weight excluding hydrogens is 668 g/mol. The second-order valence-corrected chi connectivity index (χ2v) is 14.0. The lowest BCUT2D eigenvalue weighted by Crippen LogP contribution is -2.57. The smallest absolute Gasteiger partial charge is 0.323 e. The highest BCUT2D eigenvalue weighted by Crippen LogP contribution is 2.31. The summed E-state index contributed by atoms with van der Waals surface area (Å²) >= 11 is 6.34. The largest absolute Gasteiger partial charge is 0.468 e. The van der Waals surface area contributed by atoms with Gasteiger partial charge < -0.3 is 30.5 Å². The molecule has 3 aromatic carbocycles. The first-order chi connectivity index (χ1) is 24.4. The minimum absolute atomic E-state index is 0.271. The molecule has 0 aromatic heterocycles. The molecule has 1 aliphatic rings. The van der Waals surface area contributed by atoms with Gasteiger partial charge in [0, 0.05) is 17.0 Å². The van der Waals surface area contributed by atoms with E-state index in [0.717, 1.165) is 23.1 Å². The maximum Gasteiger partial charge on any atom is 0.323 e. The Hall–Kier alpha value is -4.06. The van der Waals surface area contributed by atoms with Crippen LogP contribution in [0.1, 0.15) is 50.3 Å². The van der Waals surface area contributed by atoms with Crippen LogP contribution in [0.2, 0.25) is 5.02 Å². The molecule has 5 N–H and O–H groups in total. The second kappa shape index (κ2) is 19.0. The molecule has 274 valence electrons. The average molecular weight is 719 g/mol. The van der Waals surface area contributed by atoms with Gasteiger partial charge in [0.1, 0.15) is 18.3 Å². The molecule has 0 bridgehead atoms. The highest BCUT2D eigenvalue weighted by Gasteiger charge is 2.39. The minimum atomic E-state index is -1.20. The summed E-state index contributed by atoms with van der Waals surface area (Å²) in [4.78, 5) is 41.6. The Labute approximate surface area is 306 Å². The second-order valence-electron chi connectivity index (χ2n) is 13.5. The number of methoxy groups -OCH3 is 1. The van der Waals surface area contributed by atoms with Crippen LogP contribution >= 0.6 is 11.6 Å². The molecule has 51 heavy (non-hydrogen) atoms. The van der Waals surface area contributed by atoms with Gasteiger partial charge in [-0.05, 0) is 68.4 Å². The number of ether oxygens (including phenoxy) is 2. The Balaban J connectivity index is 1.59. The van der Waals surface area contributed by atoms with Crippen molar-refractivity contribution < 1.29 is 29.0 Å². The molecule has 10 nitrogen and oxygen atoms in total. The van der Waals surface area contributed by atoms with Crippen LogP contribution in [-0.2, 0) is 43.3 Å². The van der Waals surface area contributed by atoms with Gasteiger partial charge in [-0.1, -0.05) is 103 Å². The first kappa shape index (κ1) is 39.7. The SMILES string of the molecule is COC(=O)[C@H](Cc1ccccc1)NC(O)[C@@](C)(/C=C/[C@@H]1CCCN1C(=O)[C@@H](NC(=O)[C@H](C)N)[C@@H](C)OCc1ccccc1)Cc1cccc(Cl)c1. The number of hydrogen-bond donors (Lipinski definition) is 4. The number of nitrogens with two attached hydrogens (primary N) is 1. The topological polar surface area (TPSA) is 143 Å². The molecule has 0 radical (unpaired) electrons. The van der Waals surface area contributed by atoms with E-state index < -0.39 is 47.7 Å². The van der Waals surface area contributed by atoms with Crippen molar-refractivity contribution in [1.29, 1.82) is 0 Å². The number of nitrogens with one attached hydrogen (secondary N) is 2. The zero-order chi connectivity index (χ0) is 37.0. The van der Waals surface area contributed by atoms with E-state index in [1.165, 1.54) is 7.11 Å². The highest BCUT2D eigenvalue weighted by atomic mass is 35.5. The first-order valence-corrected chi connectivity index (χ1v) is 17.8. The third kappa shape index (κ3) is 11.5. The number of rotatable bonds is 17. The third-order valence-corrected chi connectivity index (χ3v) is 9.55. The van der Waals surface area contributed by atoms with E-state index in [9.17, 15) is 19.5 Å². The summed E-state index contributed by atoms with van der Waals surface area (Å²) in [5.41, 5.74) is 7.66. The van der Waals surface area contributed by atoms with E-state index in [0.29, 0.717) is 30.8 Å². The standard InChI is InChI=1S/C40H51ClN4O6/c1-27(42)36(46)44-35(28(2)51-26-30-15-9-6-10-16-30)37(47)45-22-12-19-33(45)20-21-40(3,25-31-17-11-18-32(41)23-31)39(49)43-34(38(48)50-4)24-29-13-7-5-8-14-29/h5-11,13-18,20-21,23,27-28,33-35,39,43,49H,12,19,22,24-26,42H2,1-4H3,(H,44,46)/b21-20+/t27-,28+,33-,34-,35-,39?,40-/m0/s1. The number of carbonyl (C=O) groups excluding carboxylic acids is 3.